The van der Waals surface area contributed by atoms with Crippen LogP contribution in [-0.4, -0.2) is 5.71 Å². The molecule has 0 radical (unpaired) electrons. The first-order valence-electron chi connectivity index (χ1n) is 8.05. The summed E-state index contributed by atoms with van der Waals surface area (Å²) in [6.07, 6.45) is 3.65. The van der Waals surface area contributed by atoms with Gasteiger partial charge in [0.2, 0.25) is 0 Å². The fourth-order valence-electron chi connectivity index (χ4n) is 3.16. The molecule has 0 aliphatic heterocycles. The number of anilines is 2. The normalized spacial score (nSPS) is 14.8. The largest absolute Gasteiger partial charge is 0.399 e. The molecule has 1 fully saturated rings. The molecular weight excluding hydrogens is 282 g/mol. The Labute approximate surface area is 137 Å². The van der Waals surface area contributed by atoms with Crippen molar-refractivity contribution in [1.82, 2.24) is 0 Å². The molecular formula is C20H23N3. The van der Waals surface area contributed by atoms with Crippen molar-refractivity contribution in [2.24, 2.45) is 0 Å². The van der Waals surface area contributed by atoms with Crippen molar-refractivity contribution in [2.75, 3.05) is 11.5 Å². The zero-order valence-corrected chi connectivity index (χ0v) is 13.5. The smallest absolute Gasteiger partial charge is 0.0344 e. The van der Waals surface area contributed by atoms with Gasteiger partial charge in [-0.3, -0.25) is 0 Å². The molecule has 0 bridgehead atoms. The highest BCUT2D eigenvalue weighted by atomic mass is 14.6. The quantitative estimate of drug-likeness (QED) is 0.712. The van der Waals surface area contributed by atoms with Gasteiger partial charge in [0.25, 0.3) is 0 Å². The average molecular weight is 305 g/mol. The van der Waals surface area contributed by atoms with Gasteiger partial charge < -0.3 is 16.9 Å². The van der Waals surface area contributed by atoms with Crippen LogP contribution in [0.3, 0.4) is 0 Å². The third-order valence-corrected chi connectivity index (χ3v) is 4.57. The highest BCUT2D eigenvalue weighted by molar-refractivity contribution is 5.88. The average Bonchev–Trinajstić information content (AvgIpc) is 2.55. The lowest BCUT2D eigenvalue weighted by Crippen LogP contribution is -2.08. The number of nitrogens with two attached hydrogens (primary N) is 2. The molecule has 3 nitrogen and oxygen atoms in total. The summed E-state index contributed by atoms with van der Waals surface area (Å²) in [5, 5.41) is 7.86. The molecule has 118 valence electrons. The van der Waals surface area contributed by atoms with Crippen LogP contribution in [0.1, 0.15) is 42.4 Å². The van der Waals surface area contributed by atoms with Gasteiger partial charge in [-0.05, 0) is 79.1 Å². The Balaban J connectivity index is 2.13. The van der Waals surface area contributed by atoms with E-state index in [1.165, 1.54) is 22.3 Å². The number of aryl methyl sites for hydroxylation is 1. The Morgan fingerprint density at radius 3 is 2.09 bits per heavy atom. The SMILES string of the molecule is Cc1cc(C(=C2CCC(=N)CC2)c2ccc(N)cc2)ccc1N. The lowest BCUT2D eigenvalue weighted by Gasteiger charge is -2.21. The van der Waals surface area contributed by atoms with Crippen molar-refractivity contribution in [3.8, 4) is 0 Å². The number of rotatable bonds is 2. The summed E-state index contributed by atoms with van der Waals surface area (Å²) in [6.45, 7) is 2.04. The fourth-order valence-corrected chi connectivity index (χ4v) is 3.16. The molecule has 1 aliphatic rings. The van der Waals surface area contributed by atoms with Crippen molar-refractivity contribution in [3.05, 3.63) is 64.7 Å². The van der Waals surface area contributed by atoms with E-state index in [1.54, 1.807) is 0 Å². The highest BCUT2D eigenvalue weighted by Crippen LogP contribution is 2.35. The third kappa shape index (κ3) is 3.29. The molecule has 5 N–H and O–H groups in total. The molecule has 0 saturated heterocycles. The third-order valence-electron chi connectivity index (χ3n) is 4.57. The molecule has 0 aromatic heterocycles. The number of nitrogen functional groups attached to an aromatic ring is 2. The van der Waals surface area contributed by atoms with Gasteiger partial charge >= 0.3 is 0 Å². The molecule has 0 atom stereocenters. The predicted octanol–water partition coefficient (Wildman–Crippen LogP) is 4.56. The maximum atomic E-state index is 7.86. The summed E-state index contributed by atoms with van der Waals surface area (Å²) in [4.78, 5) is 0. The summed E-state index contributed by atoms with van der Waals surface area (Å²) in [7, 11) is 0. The topological polar surface area (TPSA) is 75.9 Å². The number of benzene rings is 2. The maximum Gasteiger partial charge on any atom is 0.0344 e. The van der Waals surface area contributed by atoms with Crippen LogP contribution >= 0.6 is 0 Å². The van der Waals surface area contributed by atoms with Crippen LogP contribution in [0.2, 0.25) is 0 Å². The van der Waals surface area contributed by atoms with Crippen molar-refractivity contribution < 1.29 is 0 Å². The van der Waals surface area contributed by atoms with Crippen molar-refractivity contribution in [1.29, 1.82) is 5.41 Å². The first kappa shape index (κ1) is 15.3. The van der Waals surface area contributed by atoms with Crippen LogP contribution in [0, 0.1) is 12.3 Å². The van der Waals surface area contributed by atoms with Crippen LogP contribution in [0.25, 0.3) is 5.57 Å². The van der Waals surface area contributed by atoms with E-state index in [0.29, 0.717) is 0 Å². The molecule has 0 amide bonds. The Morgan fingerprint density at radius 1 is 0.870 bits per heavy atom. The maximum absolute atomic E-state index is 7.86. The molecule has 3 rings (SSSR count). The van der Waals surface area contributed by atoms with Crippen LogP contribution in [-0.2, 0) is 0 Å². The first-order chi connectivity index (χ1) is 11.0. The molecule has 0 spiro atoms. The van der Waals surface area contributed by atoms with E-state index in [1.807, 2.05) is 25.1 Å². The molecule has 23 heavy (non-hydrogen) atoms. The Morgan fingerprint density at radius 2 is 1.48 bits per heavy atom. The second-order valence-electron chi connectivity index (χ2n) is 6.28. The van der Waals surface area contributed by atoms with Gasteiger partial charge in [0.15, 0.2) is 0 Å². The number of nitrogens with one attached hydrogen (secondary N) is 1. The van der Waals surface area contributed by atoms with Gasteiger partial charge in [-0.25, -0.2) is 0 Å². The Kier molecular flexibility index (Phi) is 4.20. The van der Waals surface area contributed by atoms with Gasteiger partial charge in [-0.2, -0.15) is 0 Å². The van der Waals surface area contributed by atoms with Crippen LogP contribution < -0.4 is 11.5 Å². The molecule has 3 heteroatoms. The van der Waals surface area contributed by atoms with Crippen molar-refractivity contribution >= 4 is 22.7 Å². The van der Waals surface area contributed by atoms with E-state index in [0.717, 1.165) is 48.3 Å². The van der Waals surface area contributed by atoms with Gasteiger partial charge in [0.05, 0.1) is 0 Å². The molecule has 0 heterocycles. The minimum Gasteiger partial charge on any atom is -0.399 e. The summed E-state index contributed by atoms with van der Waals surface area (Å²) >= 11 is 0. The van der Waals surface area contributed by atoms with E-state index in [9.17, 15) is 0 Å². The minimum absolute atomic E-state index is 0.775. The minimum atomic E-state index is 0.775. The first-order valence-corrected chi connectivity index (χ1v) is 8.05. The van der Waals surface area contributed by atoms with E-state index >= 15 is 0 Å². The summed E-state index contributed by atoms with van der Waals surface area (Å²) in [6, 6.07) is 14.3. The standard InChI is InChI=1S/C20H23N3/c1-13-12-16(6-11-19(13)23)20(14-2-7-17(21)8-3-14)15-4-9-18(22)10-5-15/h2-3,6-8,11-12,22H,4-5,9-10,21,23H2,1H3. The lowest BCUT2D eigenvalue weighted by molar-refractivity contribution is 0.821. The Bertz CT molecular complexity index is 758. The highest BCUT2D eigenvalue weighted by Gasteiger charge is 2.17. The van der Waals surface area contributed by atoms with Gasteiger partial charge in [-0.1, -0.05) is 23.8 Å². The molecule has 1 saturated carbocycles. The molecule has 2 aromatic rings. The monoisotopic (exact) mass is 305 g/mol. The summed E-state index contributed by atoms with van der Waals surface area (Å²) < 4.78 is 0. The second-order valence-corrected chi connectivity index (χ2v) is 6.28. The number of hydrogen-bond donors (Lipinski definition) is 3. The predicted molar refractivity (Wildman–Crippen MR) is 98.7 cm³/mol. The second kappa shape index (κ2) is 6.29. The van der Waals surface area contributed by atoms with E-state index in [2.05, 4.69) is 24.3 Å². The van der Waals surface area contributed by atoms with Gasteiger partial charge in [0.1, 0.15) is 0 Å². The number of allylic oxidation sites excluding steroid dienone is 1. The molecule has 1 aliphatic carbocycles. The summed E-state index contributed by atoms with van der Waals surface area (Å²) in [5.74, 6) is 0. The van der Waals surface area contributed by atoms with Crippen molar-refractivity contribution in [2.45, 2.75) is 32.6 Å². The van der Waals surface area contributed by atoms with Gasteiger partial charge in [-0.15, -0.1) is 0 Å². The lowest BCUT2D eigenvalue weighted by atomic mass is 9.84. The van der Waals surface area contributed by atoms with E-state index < -0.39 is 0 Å². The number of hydrogen-bond acceptors (Lipinski definition) is 3. The van der Waals surface area contributed by atoms with Crippen LogP contribution in [0.15, 0.2) is 48.0 Å². The molecule has 0 unspecified atom stereocenters. The van der Waals surface area contributed by atoms with Crippen LogP contribution in [0.4, 0.5) is 11.4 Å². The van der Waals surface area contributed by atoms with Crippen molar-refractivity contribution in [3.63, 3.8) is 0 Å². The molecule has 2 aromatic carbocycles. The zero-order valence-electron chi connectivity index (χ0n) is 13.5. The van der Waals surface area contributed by atoms with Gasteiger partial charge in [0, 0.05) is 17.1 Å². The van der Waals surface area contributed by atoms with E-state index in [4.69, 9.17) is 16.9 Å². The van der Waals surface area contributed by atoms with E-state index in [-0.39, 0.29) is 0 Å². The Hall–Kier alpha value is -2.55. The zero-order chi connectivity index (χ0) is 16.4. The summed E-state index contributed by atoms with van der Waals surface area (Å²) in [5.41, 5.74) is 20.5. The fraction of sp³-hybridized carbons (Fsp3) is 0.250. The van der Waals surface area contributed by atoms with Crippen LogP contribution in [0.5, 0.6) is 0 Å².